The summed E-state index contributed by atoms with van der Waals surface area (Å²) in [5.41, 5.74) is 1.28. The van der Waals surface area contributed by atoms with Crippen LogP contribution in [0.15, 0.2) is 24.6 Å². The van der Waals surface area contributed by atoms with Crippen molar-refractivity contribution in [1.82, 2.24) is 15.1 Å². The van der Waals surface area contributed by atoms with E-state index in [-0.39, 0.29) is 11.4 Å². The molecule has 0 aromatic heterocycles. The second-order valence-electron chi connectivity index (χ2n) is 4.84. The van der Waals surface area contributed by atoms with Crippen LogP contribution in [0.1, 0.15) is 0 Å². The molecule has 1 N–H and O–H groups in total. The Morgan fingerprint density at radius 1 is 1.59 bits per heavy atom. The molecule has 1 spiro atoms. The lowest BCUT2D eigenvalue weighted by Crippen LogP contribution is -2.76. The van der Waals surface area contributed by atoms with Crippen LogP contribution in [0.25, 0.3) is 0 Å². The van der Waals surface area contributed by atoms with Gasteiger partial charge in [-0.2, -0.15) is 0 Å². The Bertz CT molecular complexity index is 385. The lowest BCUT2D eigenvalue weighted by Gasteiger charge is -2.59. The Morgan fingerprint density at radius 2 is 2.41 bits per heavy atom. The van der Waals surface area contributed by atoms with Gasteiger partial charge < -0.3 is 19.9 Å². The van der Waals surface area contributed by atoms with E-state index in [0.29, 0.717) is 6.61 Å². The summed E-state index contributed by atoms with van der Waals surface area (Å²) in [4.78, 5) is 15.8. The molecule has 0 aromatic carbocycles. The van der Waals surface area contributed by atoms with Gasteiger partial charge in [-0.3, -0.25) is 4.79 Å². The number of ether oxygens (including phenoxy) is 1. The van der Waals surface area contributed by atoms with Gasteiger partial charge in [0.15, 0.2) is 0 Å². The fourth-order valence-corrected chi connectivity index (χ4v) is 2.90. The first kappa shape index (κ1) is 10.7. The average molecular weight is 235 g/mol. The van der Waals surface area contributed by atoms with Crippen molar-refractivity contribution in [3.8, 4) is 0 Å². The number of carbonyl (C=O) groups excluding carboxylic acids is 1. The molecule has 3 rings (SSSR count). The van der Waals surface area contributed by atoms with E-state index in [1.807, 2.05) is 11.1 Å². The van der Waals surface area contributed by atoms with Gasteiger partial charge in [0.25, 0.3) is 0 Å². The second kappa shape index (κ2) is 3.77. The van der Waals surface area contributed by atoms with Gasteiger partial charge in [-0.1, -0.05) is 6.58 Å². The maximum atomic E-state index is 11.5. The van der Waals surface area contributed by atoms with Crippen molar-refractivity contribution in [2.24, 2.45) is 0 Å². The molecule has 1 amide bonds. The molecule has 5 nitrogen and oxygen atoms in total. The first-order valence-corrected chi connectivity index (χ1v) is 5.94. The van der Waals surface area contributed by atoms with Gasteiger partial charge in [0.05, 0.1) is 24.4 Å². The van der Waals surface area contributed by atoms with E-state index in [2.05, 4.69) is 16.8 Å². The highest BCUT2D eigenvalue weighted by Crippen LogP contribution is 2.34. The van der Waals surface area contributed by atoms with Crippen LogP contribution >= 0.6 is 0 Å². The highest BCUT2D eigenvalue weighted by Gasteiger charge is 2.51. The van der Waals surface area contributed by atoms with Crippen LogP contribution in [0.5, 0.6) is 0 Å². The van der Waals surface area contributed by atoms with Gasteiger partial charge in [-0.15, -0.1) is 0 Å². The largest absolute Gasteiger partial charge is 0.387 e. The molecule has 5 heteroatoms. The first-order chi connectivity index (χ1) is 8.25. The van der Waals surface area contributed by atoms with Crippen LogP contribution in [0, 0.1) is 0 Å². The summed E-state index contributed by atoms with van der Waals surface area (Å²) in [6.07, 6.45) is 3.42. The van der Waals surface area contributed by atoms with Gasteiger partial charge in [0, 0.05) is 32.4 Å². The third-order valence-electron chi connectivity index (χ3n) is 3.78. The molecule has 2 saturated heterocycles. The van der Waals surface area contributed by atoms with Gasteiger partial charge >= 0.3 is 0 Å². The maximum absolute atomic E-state index is 11.5. The minimum absolute atomic E-state index is 0.0278. The zero-order valence-corrected chi connectivity index (χ0v) is 9.82. The first-order valence-electron chi connectivity index (χ1n) is 5.94. The Kier molecular flexibility index (Phi) is 2.36. The molecule has 3 aliphatic heterocycles. The van der Waals surface area contributed by atoms with Gasteiger partial charge in [-0.25, -0.2) is 0 Å². The van der Waals surface area contributed by atoms with Crippen molar-refractivity contribution in [2.45, 2.75) is 5.54 Å². The van der Waals surface area contributed by atoms with Crippen molar-refractivity contribution in [1.29, 1.82) is 0 Å². The number of hydrogen-bond donors (Lipinski definition) is 1. The highest BCUT2D eigenvalue weighted by atomic mass is 16.5. The van der Waals surface area contributed by atoms with E-state index in [9.17, 15) is 4.79 Å². The highest BCUT2D eigenvalue weighted by molar-refractivity contribution is 5.88. The quantitative estimate of drug-likeness (QED) is 0.624. The molecule has 0 saturated carbocycles. The van der Waals surface area contributed by atoms with Crippen molar-refractivity contribution < 1.29 is 9.53 Å². The summed E-state index contributed by atoms with van der Waals surface area (Å²) in [5.74, 6) is 0.0278. The topological polar surface area (TPSA) is 44.8 Å². The van der Waals surface area contributed by atoms with Crippen molar-refractivity contribution in [3.05, 3.63) is 24.6 Å². The SMILES string of the molecule is C=CC(=O)N1CC2(CNC=C3COCCN32)C1. The lowest BCUT2D eigenvalue weighted by atomic mass is 9.85. The standard InChI is InChI=1S/C12H17N3O2/c1-2-11(16)14-8-12(9-14)7-13-5-10-6-17-4-3-15(10)12/h2,5,13H,1,3-4,6-9H2. The summed E-state index contributed by atoms with van der Waals surface area (Å²) < 4.78 is 5.45. The third kappa shape index (κ3) is 1.53. The zero-order valence-electron chi connectivity index (χ0n) is 9.82. The summed E-state index contributed by atoms with van der Waals surface area (Å²) in [6.45, 7) is 8.35. The van der Waals surface area contributed by atoms with E-state index in [4.69, 9.17) is 4.74 Å². The number of carbonyl (C=O) groups is 1. The number of hydrogen-bond acceptors (Lipinski definition) is 4. The smallest absolute Gasteiger partial charge is 0.246 e. The normalized spacial score (nSPS) is 25.5. The minimum atomic E-state index is 0.0278. The summed E-state index contributed by atoms with van der Waals surface area (Å²) >= 11 is 0. The molecule has 0 atom stereocenters. The number of likely N-dealkylation sites (tertiary alicyclic amines) is 1. The van der Waals surface area contributed by atoms with Crippen LogP contribution in [0.4, 0.5) is 0 Å². The monoisotopic (exact) mass is 235 g/mol. The van der Waals surface area contributed by atoms with Crippen molar-refractivity contribution in [2.75, 3.05) is 39.4 Å². The maximum Gasteiger partial charge on any atom is 0.246 e. The Balaban J connectivity index is 1.75. The number of nitrogens with zero attached hydrogens (tertiary/aromatic N) is 2. The molecule has 17 heavy (non-hydrogen) atoms. The molecule has 0 aromatic rings. The van der Waals surface area contributed by atoms with Crippen LogP contribution in [0.3, 0.4) is 0 Å². The molecule has 2 fully saturated rings. The Hall–Kier alpha value is -1.49. The van der Waals surface area contributed by atoms with E-state index < -0.39 is 0 Å². The predicted octanol–water partition coefficient (Wildman–Crippen LogP) is -0.470. The molecular weight excluding hydrogens is 218 g/mol. The number of morpholine rings is 1. The number of rotatable bonds is 1. The fraction of sp³-hybridized carbons (Fsp3) is 0.583. The number of fused-ring (bicyclic) bond motifs is 2. The molecule has 0 radical (unpaired) electrons. The predicted molar refractivity (Wildman–Crippen MR) is 63.1 cm³/mol. The summed E-state index contributed by atoms with van der Waals surface area (Å²) in [7, 11) is 0. The average Bonchev–Trinajstić information content (AvgIpc) is 2.34. The Labute approximate surface area is 101 Å². The van der Waals surface area contributed by atoms with Crippen molar-refractivity contribution >= 4 is 5.91 Å². The van der Waals surface area contributed by atoms with Crippen molar-refractivity contribution in [3.63, 3.8) is 0 Å². The minimum Gasteiger partial charge on any atom is -0.387 e. The number of amides is 1. The van der Waals surface area contributed by atoms with Crippen LogP contribution in [0.2, 0.25) is 0 Å². The van der Waals surface area contributed by atoms with Crippen LogP contribution in [-0.4, -0.2) is 60.6 Å². The number of nitrogens with one attached hydrogen (secondary N) is 1. The molecule has 0 unspecified atom stereocenters. The van der Waals surface area contributed by atoms with E-state index >= 15 is 0 Å². The van der Waals surface area contributed by atoms with Gasteiger partial charge in [-0.05, 0) is 6.08 Å². The molecule has 0 aliphatic carbocycles. The molecule has 0 bridgehead atoms. The molecule has 3 heterocycles. The summed E-state index contributed by atoms with van der Waals surface area (Å²) in [6, 6.07) is 0. The molecule has 3 aliphatic rings. The molecular formula is C12H17N3O2. The third-order valence-corrected chi connectivity index (χ3v) is 3.78. The van der Waals surface area contributed by atoms with Crippen LogP contribution in [-0.2, 0) is 9.53 Å². The van der Waals surface area contributed by atoms with E-state index in [1.54, 1.807) is 0 Å². The second-order valence-corrected chi connectivity index (χ2v) is 4.84. The van der Waals surface area contributed by atoms with Gasteiger partial charge in [0.1, 0.15) is 0 Å². The van der Waals surface area contributed by atoms with E-state index in [1.165, 1.54) is 11.8 Å². The van der Waals surface area contributed by atoms with Gasteiger partial charge in [0.2, 0.25) is 5.91 Å². The van der Waals surface area contributed by atoms with Crippen LogP contribution < -0.4 is 5.32 Å². The summed E-state index contributed by atoms with van der Waals surface area (Å²) in [5, 5.41) is 3.31. The lowest BCUT2D eigenvalue weighted by molar-refractivity contribution is -0.142. The Morgan fingerprint density at radius 3 is 3.18 bits per heavy atom. The zero-order chi connectivity index (χ0) is 11.9. The fourth-order valence-electron chi connectivity index (χ4n) is 2.90. The molecule has 92 valence electrons. The van der Waals surface area contributed by atoms with E-state index in [0.717, 1.165) is 32.8 Å².